The molecule has 4 fully saturated rings. The highest BCUT2D eigenvalue weighted by Crippen LogP contribution is 2.75. The van der Waals surface area contributed by atoms with Gasteiger partial charge in [-0.3, -0.25) is 9.59 Å². The van der Waals surface area contributed by atoms with Gasteiger partial charge in [0.2, 0.25) is 0 Å². The molecule has 0 aliphatic heterocycles. The molecule has 0 bridgehead atoms. The number of aliphatic hydroxyl groups excluding tert-OH is 1. The van der Waals surface area contributed by atoms with Gasteiger partial charge in [-0.2, -0.15) is 0 Å². The van der Waals surface area contributed by atoms with Gasteiger partial charge < -0.3 is 14.6 Å². The van der Waals surface area contributed by atoms with E-state index in [9.17, 15) is 14.7 Å². The molecule has 1 N–H and O–H groups in total. The van der Waals surface area contributed by atoms with Crippen LogP contribution in [-0.2, 0) is 19.1 Å². The predicted molar refractivity (Wildman–Crippen MR) is 162 cm³/mol. The van der Waals surface area contributed by atoms with Crippen molar-refractivity contribution < 1.29 is 24.2 Å². The largest absolute Gasteiger partial charge is 0.466 e. The van der Waals surface area contributed by atoms with Crippen LogP contribution in [0.15, 0.2) is 11.6 Å². The third-order valence-electron chi connectivity index (χ3n) is 14.1. The molecular formula is C36H58O5. The number of ether oxygens (including phenoxy) is 2. The highest BCUT2D eigenvalue weighted by Gasteiger charge is 2.69. The molecule has 8 atom stereocenters. The van der Waals surface area contributed by atoms with Crippen LogP contribution in [0.3, 0.4) is 0 Å². The summed E-state index contributed by atoms with van der Waals surface area (Å²) in [4.78, 5) is 25.8. The fraction of sp³-hybridized carbons (Fsp3) is 0.889. The van der Waals surface area contributed by atoms with E-state index in [0.717, 1.165) is 51.4 Å². The van der Waals surface area contributed by atoms with E-state index in [2.05, 4.69) is 54.5 Å². The van der Waals surface area contributed by atoms with Gasteiger partial charge in [-0.1, -0.05) is 60.1 Å². The van der Waals surface area contributed by atoms with Crippen molar-refractivity contribution in [1.82, 2.24) is 0 Å². The van der Waals surface area contributed by atoms with Crippen molar-refractivity contribution in [3.8, 4) is 0 Å². The van der Waals surface area contributed by atoms with E-state index in [1.807, 2.05) is 6.92 Å². The zero-order valence-corrected chi connectivity index (χ0v) is 27.4. The summed E-state index contributed by atoms with van der Waals surface area (Å²) >= 11 is 0. The molecular weight excluding hydrogens is 512 g/mol. The van der Waals surface area contributed by atoms with E-state index >= 15 is 0 Å². The molecule has 232 valence electrons. The molecule has 5 rings (SSSR count). The minimum Gasteiger partial charge on any atom is -0.466 e. The van der Waals surface area contributed by atoms with Crippen LogP contribution < -0.4 is 0 Å². The molecule has 2 unspecified atom stereocenters. The first kappa shape index (κ1) is 31.1. The third-order valence-corrected chi connectivity index (χ3v) is 14.1. The molecule has 0 radical (unpaired) electrons. The zero-order chi connectivity index (χ0) is 30.1. The predicted octanol–water partition coefficient (Wildman–Crippen LogP) is 8.04. The molecule has 0 aromatic carbocycles. The smallest absolute Gasteiger partial charge is 0.312 e. The normalized spacial score (nSPS) is 44.3. The van der Waals surface area contributed by atoms with Crippen LogP contribution in [0.4, 0.5) is 0 Å². The van der Waals surface area contributed by atoms with Gasteiger partial charge in [0.25, 0.3) is 0 Å². The van der Waals surface area contributed by atoms with Crippen molar-refractivity contribution in [3.05, 3.63) is 11.6 Å². The van der Waals surface area contributed by atoms with Crippen LogP contribution in [-0.4, -0.2) is 36.4 Å². The van der Waals surface area contributed by atoms with Crippen molar-refractivity contribution in [1.29, 1.82) is 0 Å². The summed E-state index contributed by atoms with van der Waals surface area (Å²) in [6.07, 6.45) is 13.6. The number of hydrogen-bond donors (Lipinski definition) is 1. The Kier molecular flexibility index (Phi) is 7.86. The second kappa shape index (κ2) is 10.4. The summed E-state index contributed by atoms with van der Waals surface area (Å²) in [5.74, 6) is 1.09. The van der Waals surface area contributed by atoms with Crippen LogP contribution in [0.2, 0.25) is 0 Å². The summed E-state index contributed by atoms with van der Waals surface area (Å²) in [7, 11) is 0. The van der Waals surface area contributed by atoms with E-state index in [-0.39, 0.29) is 57.6 Å². The number of carbonyl (C=O) groups is 2. The SMILES string of the molecule is CCOC(=O)CCCOC(=O)[C@]12CCC(C)(C)C[C@H]1C1=CCC3[C@@]4(C)CC[C@H](O)C(C)(C)C4CC[C@@]3(C)[C@]1(C)CC2. The maximum atomic E-state index is 14.0. The van der Waals surface area contributed by atoms with Crippen LogP contribution in [0.1, 0.15) is 132 Å². The standard InChI is InChI=1S/C36H58O5/c1-9-40-29(38)11-10-22-41-30(39)36-20-18-31(2,3)23-25(36)24-12-13-27-33(6)16-15-28(37)32(4,5)26(33)14-17-35(27,8)34(24,7)19-21-36/h12,25-28,37H,9-11,13-23H2,1-8H3/t25-,26?,27?,28-,33-,34+,35+,36-/m0/s1. The summed E-state index contributed by atoms with van der Waals surface area (Å²) in [6, 6.07) is 0. The average Bonchev–Trinajstić information content (AvgIpc) is 2.89. The number of hydrogen-bond acceptors (Lipinski definition) is 5. The topological polar surface area (TPSA) is 72.8 Å². The average molecular weight is 571 g/mol. The van der Waals surface area contributed by atoms with Crippen molar-refractivity contribution in [2.75, 3.05) is 13.2 Å². The molecule has 5 heteroatoms. The van der Waals surface area contributed by atoms with Crippen LogP contribution in [0.5, 0.6) is 0 Å². The number of allylic oxidation sites excluding steroid dienone is 2. The van der Waals surface area contributed by atoms with Gasteiger partial charge in [-0.15, -0.1) is 0 Å². The summed E-state index contributed by atoms with van der Waals surface area (Å²) < 4.78 is 11.1. The Morgan fingerprint density at radius 2 is 1.61 bits per heavy atom. The van der Waals surface area contributed by atoms with Crippen molar-refractivity contribution in [2.24, 2.45) is 50.2 Å². The van der Waals surface area contributed by atoms with E-state index in [1.165, 1.54) is 12.8 Å². The summed E-state index contributed by atoms with van der Waals surface area (Å²) in [5, 5.41) is 11.0. The minimum absolute atomic E-state index is 0.0317. The minimum atomic E-state index is -0.452. The maximum absolute atomic E-state index is 14.0. The number of fused-ring (bicyclic) bond motifs is 7. The molecule has 5 aliphatic rings. The fourth-order valence-electron chi connectivity index (χ4n) is 11.4. The molecule has 0 heterocycles. The number of carbonyl (C=O) groups excluding carboxylic acids is 2. The molecule has 0 aromatic heterocycles. The van der Waals surface area contributed by atoms with Crippen LogP contribution >= 0.6 is 0 Å². The lowest BCUT2D eigenvalue weighted by molar-refractivity contribution is -0.206. The van der Waals surface area contributed by atoms with Crippen molar-refractivity contribution in [2.45, 2.75) is 139 Å². The Morgan fingerprint density at radius 1 is 0.902 bits per heavy atom. The number of aliphatic hydroxyl groups is 1. The Balaban J connectivity index is 1.45. The molecule has 41 heavy (non-hydrogen) atoms. The lowest BCUT2D eigenvalue weighted by Gasteiger charge is -2.71. The molecule has 0 amide bonds. The summed E-state index contributed by atoms with van der Waals surface area (Å²) in [6.45, 7) is 19.6. The van der Waals surface area contributed by atoms with Gasteiger partial charge in [-0.05, 0) is 122 Å². The Bertz CT molecular complexity index is 1070. The molecule has 0 aromatic rings. The second-order valence-corrected chi connectivity index (χ2v) is 16.8. The lowest BCUT2D eigenvalue weighted by Crippen LogP contribution is -2.65. The first-order valence-corrected chi connectivity index (χ1v) is 16.8. The quantitative estimate of drug-likeness (QED) is 0.199. The lowest BCUT2D eigenvalue weighted by atomic mass is 9.33. The van der Waals surface area contributed by atoms with E-state index in [0.29, 0.717) is 31.3 Å². The Labute approximate surface area is 249 Å². The monoisotopic (exact) mass is 570 g/mol. The van der Waals surface area contributed by atoms with Gasteiger partial charge >= 0.3 is 11.9 Å². The maximum Gasteiger partial charge on any atom is 0.312 e. The molecule has 4 saturated carbocycles. The molecule has 5 nitrogen and oxygen atoms in total. The number of esters is 2. The van der Waals surface area contributed by atoms with Gasteiger partial charge in [0.15, 0.2) is 0 Å². The first-order chi connectivity index (χ1) is 19.1. The van der Waals surface area contributed by atoms with Crippen molar-refractivity contribution in [3.63, 3.8) is 0 Å². The van der Waals surface area contributed by atoms with Crippen LogP contribution in [0.25, 0.3) is 0 Å². The van der Waals surface area contributed by atoms with Gasteiger partial charge in [0.05, 0.1) is 24.7 Å². The van der Waals surface area contributed by atoms with Gasteiger partial charge in [0.1, 0.15) is 0 Å². The Morgan fingerprint density at radius 3 is 2.32 bits per heavy atom. The first-order valence-electron chi connectivity index (χ1n) is 16.8. The third kappa shape index (κ3) is 4.65. The number of rotatable bonds is 6. The van der Waals surface area contributed by atoms with Gasteiger partial charge in [-0.25, -0.2) is 0 Å². The van der Waals surface area contributed by atoms with Gasteiger partial charge in [0, 0.05) is 6.42 Å². The van der Waals surface area contributed by atoms with Crippen molar-refractivity contribution >= 4 is 11.9 Å². The van der Waals surface area contributed by atoms with E-state index < -0.39 is 5.41 Å². The molecule has 0 spiro atoms. The Hall–Kier alpha value is -1.36. The second-order valence-electron chi connectivity index (χ2n) is 16.8. The molecule has 0 saturated heterocycles. The highest BCUT2D eigenvalue weighted by atomic mass is 16.5. The van der Waals surface area contributed by atoms with E-state index in [1.54, 1.807) is 5.57 Å². The highest BCUT2D eigenvalue weighted by molar-refractivity contribution is 5.79. The molecule has 5 aliphatic carbocycles. The van der Waals surface area contributed by atoms with Crippen LogP contribution in [0, 0.1) is 50.2 Å². The van der Waals surface area contributed by atoms with E-state index in [4.69, 9.17) is 9.47 Å². The fourth-order valence-corrected chi connectivity index (χ4v) is 11.4. The summed E-state index contributed by atoms with van der Waals surface area (Å²) in [5.41, 5.74) is 1.71. The zero-order valence-electron chi connectivity index (χ0n) is 27.4.